The lowest BCUT2D eigenvalue weighted by atomic mass is 10.1. The van der Waals surface area contributed by atoms with Gasteiger partial charge in [0.15, 0.2) is 0 Å². The van der Waals surface area contributed by atoms with E-state index in [0.717, 1.165) is 37.2 Å². The fourth-order valence-electron chi connectivity index (χ4n) is 3.52. The van der Waals surface area contributed by atoms with Crippen LogP contribution in [0, 0.1) is 20.8 Å². The number of rotatable bonds is 4. The molecule has 4 heterocycles. The van der Waals surface area contributed by atoms with Crippen LogP contribution in [0.3, 0.4) is 0 Å². The molecule has 2 N–H and O–H groups in total. The lowest BCUT2D eigenvalue weighted by molar-refractivity contribution is 0.102. The van der Waals surface area contributed by atoms with Gasteiger partial charge >= 0.3 is 0 Å². The lowest BCUT2D eigenvalue weighted by Crippen LogP contribution is -2.30. The normalized spacial score (nSPS) is 14.2. The topological polar surface area (TPSA) is 122 Å². The van der Waals surface area contributed by atoms with Gasteiger partial charge in [-0.2, -0.15) is 10.1 Å². The summed E-state index contributed by atoms with van der Waals surface area (Å²) >= 11 is 1.18. The van der Waals surface area contributed by atoms with E-state index in [9.17, 15) is 9.59 Å². The molecule has 1 aliphatic heterocycles. The van der Waals surface area contributed by atoms with Crippen molar-refractivity contribution in [2.75, 3.05) is 23.3 Å². The van der Waals surface area contributed by atoms with Gasteiger partial charge in [-0.05, 0) is 45.6 Å². The van der Waals surface area contributed by atoms with Gasteiger partial charge < -0.3 is 4.90 Å². The summed E-state index contributed by atoms with van der Waals surface area (Å²) in [6.45, 7) is 7.27. The Hall–Kier alpha value is -3.08. The summed E-state index contributed by atoms with van der Waals surface area (Å²) in [6, 6.07) is 0. The van der Waals surface area contributed by atoms with Crippen LogP contribution in [0.15, 0.2) is 4.79 Å². The van der Waals surface area contributed by atoms with Crippen molar-refractivity contribution in [2.45, 2.75) is 40.0 Å². The molecule has 30 heavy (non-hydrogen) atoms. The van der Waals surface area contributed by atoms with Gasteiger partial charge in [0.2, 0.25) is 11.9 Å². The number of aromatic nitrogens is 6. The molecular formula is C19H24N8O2S. The number of hydrogen-bond acceptors (Lipinski definition) is 8. The van der Waals surface area contributed by atoms with Crippen molar-refractivity contribution < 1.29 is 4.79 Å². The van der Waals surface area contributed by atoms with Crippen LogP contribution in [0.2, 0.25) is 0 Å². The second kappa shape index (κ2) is 7.98. The molecular weight excluding hydrogens is 404 g/mol. The first-order chi connectivity index (χ1) is 14.3. The number of H-pyrrole nitrogens is 1. The molecule has 0 spiro atoms. The van der Waals surface area contributed by atoms with Crippen molar-refractivity contribution in [1.29, 1.82) is 0 Å². The minimum absolute atomic E-state index is 0.236. The third-order valence-electron chi connectivity index (χ3n) is 5.29. The number of hydrogen-bond donors (Lipinski definition) is 2. The van der Waals surface area contributed by atoms with Gasteiger partial charge in [0, 0.05) is 20.1 Å². The Balaban J connectivity index is 1.58. The molecule has 0 aromatic carbocycles. The first-order valence-electron chi connectivity index (χ1n) is 9.86. The maximum Gasteiger partial charge on any atom is 0.277 e. The fraction of sp³-hybridized carbons (Fsp3) is 0.474. The Kier molecular flexibility index (Phi) is 5.37. The van der Waals surface area contributed by atoms with E-state index in [4.69, 9.17) is 0 Å². The number of piperidine rings is 1. The molecule has 0 unspecified atom stereocenters. The van der Waals surface area contributed by atoms with E-state index in [1.807, 2.05) is 13.8 Å². The number of aryl methyl sites for hydroxylation is 3. The van der Waals surface area contributed by atoms with Crippen LogP contribution in [0.1, 0.15) is 45.9 Å². The number of thiazole rings is 1. The number of anilines is 2. The highest BCUT2D eigenvalue weighted by Crippen LogP contribution is 2.29. The van der Waals surface area contributed by atoms with Crippen molar-refractivity contribution in [3.05, 3.63) is 32.2 Å². The molecule has 0 atom stereocenters. The Morgan fingerprint density at radius 1 is 1.10 bits per heavy atom. The SMILES string of the molecule is Cc1nc(-c2c(C)c(C)nn(C)c2=O)sc1C(=O)Nc1nc(N2CCCCC2)n[nH]1. The van der Waals surface area contributed by atoms with E-state index < -0.39 is 0 Å². The minimum atomic E-state index is -0.335. The third-order valence-corrected chi connectivity index (χ3v) is 6.46. The van der Waals surface area contributed by atoms with Crippen molar-refractivity contribution in [1.82, 2.24) is 29.9 Å². The van der Waals surface area contributed by atoms with Crippen molar-refractivity contribution in [2.24, 2.45) is 7.05 Å². The Morgan fingerprint density at radius 3 is 2.57 bits per heavy atom. The second-order valence-electron chi connectivity index (χ2n) is 7.43. The van der Waals surface area contributed by atoms with Gasteiger partial charge in [-0.3, -0.25) is 14.9 Å². The molecule has 10 nitrogen and oxygen atoms in total. The van der Waals surface area contributed by atoms with Crippen molar-refractivity contribution >= 4 is 29.1 Å². The summed E-state index contributed by atoms with van der Waals surface area (Å²) < 4.78 is 1.30. The number of nitrogens with one attached hydrogen (secondary N) is 2. The quantitative estimate of drug-likeness (QED) is 0.653. The zero-order valence-corrected chi connectivity index (χ0v) is 18.3. The van der Waals surface area contributed by atoms with Crippen molar-refractivity contribution in [3.8, 4) is 10.6 Å². The first kappa shape index (κ1) is 20.2. The lowest BCUT2D eigenvalue weighted by Gasteiger charge is -2.24. The van der Waals surface area contributed by atoms with Gasteiger partial charge in [-0.1, -0.05) is 0 Å². The van der Waals surface area contributed by atoms with E-state index in [1.54, 1.807) is 14.0 Å². The highest BCUT2D eigenvalue weighted by atomic mass is 32.1. The largest absolute Gasteiger partial charge is 0.340 e. The summed E-state index contributed by atoms with van der Waals surface area (Å²) in [4.78, 5) is 36.9. The zero-order valence-electron chi connectivity index (χ0n) is 17.4. The average molecular weight is 429 g/mol. The predicted octanol–water partition coefficient (Wildman–Crippen LogP) is 2.19. The van der Waals surface area contributed by atoms with E-state index >= 15 is 0 Å². The highest BCUT2D eigenvalue weighted by Gasteiger charge is 2.22. The highest BCUT2D eigenvalue weighted by molar-refractivity contribution is 7.17. The van der Waals surface area contributed by atoms with Gasteiger partial charge in [0.1, 0.15) is 9.88 Å². The molecule has 0 saturated carbocycles. The number of carbonyl (C=O) groups is 1. The second-order valence-corrected chi connectivity index (χ2v) is 8.43. The smallest absolute Gasteiger partial charge is 0.277 e. The number of amides is 1. The molecule has 1 amide bonds. The van der Waals surface area contributed by atoms with Gasteiger partial charge in [0.05, 0.1) is 17.0 Å². The van der Waals surface area contributed by atoms with E-state index in [-0.39, 0.29) is 11.5 Å². The van der Waals surface area contributed by atoms with Crippen LogP contribution in [0.5, 0.6) is 0 Å². The van der Waals surface area contributed by atoms with E-state index in [2.05, 4.69) is 35.5 Å². The zero-order chi connectivity index (χ0) is 21.4. The van der Waals surface area contributed by atoms with Crippen LogP contribution in [-0.4, -0.2) is 48.9 Å². The monoisotopic (exact) mass is 428 g/mol. The van der Waals surface area contributed by atoms with Crippen LogP contribution in [-0.2, 0) is 7.05 Å². The summed E-state index contributed by atoms with van der Waals surface area (Å²) in [5.74, 6) is 0.553. The van der Waals surface area contributed by atoms with E-state index in [1.165, 1.54) is 22.4 Å². The first-order valence-corrected chi connectivity index (χ1v) is 10.7. The van der Waals surface area contributed by atoms with Gasteiger partial charge in [0.25, 0.3) is 11.5 Å². The van der Waals surface area contributed by atoms with Gasteiger partial charge in [-0.25, -0.2) is 14.8 Å². The molecule has 4 rings (SSSR count). The molecule has 158 valence electrons. The molecule has 11 heteroatoms. The molecule has 0 radical (unpaired) electrons. The minimum Gasteiger partial charge on any atom is -0.340 e. The van der Waals surface area contributed by atoms with Crippen LogP contribution in [0.4, 0.5) is 11.9 Å². The predicted molar refractivity (Wildman–Crippen MR) is 115 cm³/mol. The van der Waals surface area contributed by atoms with E-state index in [0.29, 0.717) is 33.0 Å². The van der Waals surface area contributed by atoms with Crippen LogP contribution >= 0.6 is 11.3 Å². The summed E-state index contributed by atoms with van der Waals surface area (Å²) in [5.41, 5.74) is 2.31. The average Bonchev–Trinajstić information content (AvgIpc) is 3.34. The molecule has 0 bridgehead atoms. The van der Waals surface area contributed by atoms with Crippen LogP contribution in [0.25, 0.3) is 10.6 Å². The molecule has 1 saturated heterocycles. The summed E-state index contributed by atoms with van der Waals surface area (Å²) in [6.07, 6.45) is 3.45. The number of aromatic amines is 1. The fourth-order valence-corrected chi connectivity index (χ4v) is 4.58. The Bertz CT molecular complexity index is 1160. The summed E-state index contributed by atoms with van der Waals surface area (Å²) in [7, 11) is 1.61. The molecule has 3 aromatic heterocycles. The Labute approximate surface area is 177 Å². The van der Waals surface area contributed by atoms with Gasteiger partial charge in [-0.15, -0.1) is 16.4 Å². The molecule has 1 aliphatic rings. The molecule has 3 aromatic rings. The van der Waals surface area contributed by atoms with Crippen LogP contribution < -0.4 is 15.8 Å². The number of carbonyl (C=O) groups excluding carboxylic acids is 1. The summed E-state index contributed by atoms with van der Waals surface area (Å²) in [5, 5.41) is 14.5. The third kappa shape index (κ3) is 3.72. The maximum absolute atomic E-state index is 12.8. The maximum atomic E-state index is 12.8. The Morgan fingerprint density at radius 2 is 1.83 bits per heavy atom. The molecule has 1 fully saturated rings. The van der Waals surface area contributed by atoms with Crippen molar-refractivity contribution in [3.63, 3.8) is 0 Å². The molecule has 0 aliphatic carbocycles. The standard InChI is InChI=1S/C19H24N8O2S/c1-10-11(2)25-26(4)17(29)13(10)16-20-12(3)14(30-16)15(28)21-18-22-19(24-23-18)27-8-6-5-7-9-27/h5-9H2,1-4H3,(H2,21,22,23,24,28). The number of nitrogens with zero attached hydrogens (tertiary/aromatic N) is 6.